The standard InChI is InChI=1S/C27H23N5O/c33-27(28-15-14-26-31-30-25-13-6-16-32(25)26)22-17-24(29-23-12-4-3-10-21(22)23)20-11-5-8-18-7-1-2-9-19(18)20/h1-5,7-12,17H,6,13-16H2,(H,28,33). The molecule has 1 N–H and O–H groups in total. The zero-order valence-electron chi connectivity index (χ0n) is 18.2. The fourth-order valence-corrected chi connectivity index (χ4v) is 4.73. The van der Waals surface area contributed by atoms with Gasteiger partial charge in [-0.05, 0) is 29.3 Å². The topological polar surface area (TPSA) is 72.7 Å². The van der Waals surface area contributed by atoms with Crippen molar-refractivity contribution in [1.29, 1.82) is 0 Å². The molecule has 3 aromatic carbocycles. The van der Waals surface area contributed by atoms with E-state index in [1.54, 1.807) is 0 Å². The monoisotopic (exact) mass is 433 g/mol. The highest BCUT2D eigenvalue weighted by atomic mass is 16.1. The fraction of sp³-hybridized carbons (Fsp3) is 0.185. The molecule has 3 heterocycles. The van der Waals surface area contributed by atoms with Crippen LogP contribution in [0.25, 0.3) is 32.9 Å². The fourth-order valence-electron chi connectivity index (χ4n) is 4.73. The molecule has 0 fully saturated rings. The number of carbonyl (C=O) groups is 1. The zero-order valence-corrected chi connectivity index (χ0v) is 18.2. The van der Waals surface area contributed by atoms with Crippen molar-refractivity contribution in [3.8, 4) is 11.3 Å². The van der Waals surface area contributed by atoms with E-state index in [1.807, 2.05) is 48.5 Å². The molecule has 5 aromatic rings. The van der Waals surface area contributed by atoms with Crippen molar-refractivity contribution in [3.05, 3.63) is 90.0 Å². The quantitative estimate of drug-likeness (QED) is 0.441. The summed E-state index contributed by atoms with van der Waals surface area (Å²) in [6.07, 6.45) is 2.77. The number of nitrogens with one attached hydrogen (secondary N) is 1. The maximum Gasteiger partial charge on any atom is 0.252 e. The van der Waals surface area contributed by atoms with Gasteiger partial charge in [-0.25, -0.2) is 4.98 Å². The third-order valence-electron chi connectivity index (χ3n) is 6.35. The molecular formula is C27H23N5O. The molecule has 0 aliphatic carbocycles. The minimum absolute atomic E-state index is 0.101. The Labute approximate surface area is 191 Å². The first kappa shape index (κ1) is 19.6. The first-order chi connectivity index (χ1) is 16.3. The Morgan fingerprint density at radius 3 is 2.70 bits per heavy atom. The van der Waals surface area contributed by atoms with E-state index in [9.17, 15) is 4.79 Å². The van der Waals surface area contributed by atoms with Gasteiger partial charge in [-0.2, -0.15) is 0 Å². The average Bonchev–Trinajstić information content (AvgIpc) is 3.48. The van der Waals surface area contributed by atoms with Crippen LogP contribution in [0.1, 0.15) is 28.4 Å². The number of carbonyl (C=O) groups excluding carboxylic acids is 1. The van der Waals surface area contributed by atoms with Gasteiger partial charge in [0.05, 0.1) is 16.8 Å². The van der Waals surface area contributed by atoms with Gasteiger partial charge in [-0.1, -0.05) is 60.7 Å². The molecule has 0 bridgehead atoms. The van der Waals surface area contributed by atoms with Crippen molar-refractivity contribution in [2.45, 2.75) is 25.8 Å². The Morgan fingerprint density at radius 1 is 0.939 bits per heavy atom. The number of aromatic nitrogens is 4. The second-order valence-corrected chi connectivity index (χ2v) is 8.39. The summed E-state index contributed by atoms with van der Waals surface area (Å²) < 4.78 is 2.17. The Bertz CT molecular complexity index is 1500. The predicted molar refractivity (Wildman–Crippen MR) is 129 cm³/mol. The van der Waals surface area contributed by atoms with Crippen molar-refractivity contribution in [1.82, 2.24) is 25.1 Å². The van der Waals surface area contributed by atoms with Crippen LogP contribution in [0.5, 0.6) is 0 Å². The number of rotatable bonds is 5. The predicted octanol–water partition coefficient (Wildman–Crippen LogP) is 4.57. The van der Waals surface area contributed by atoms with Crippen molar-refractivity contribution in [2.75, 3.05) is 6.54 Å². The number of benzene rings is 3. The Kier molecular flexibility index (Phi) is 4.83. The SMILES string of the molecule is O=C(NCCc1nnc2n1CCC2)c1cc(-c2cccc3ccccc23)nc2ccccc12. The summed E-state index contributed by atoms with van der Waals surface area (Å²) in [6, 6.07) is 24.2. The zero-order chi connectivity index (χ0) is 22.2. The van der Waals surface area contributed by atoms with Crippen molar-refractivity contribution in [3.63, 3.8) is 0 Å². The number of aryl methyl sites for hydroxylation is 1. The normalized spacial score (nSPS) is 12.8. The van der Waals surface area contributed by atoms with Gasteiger partial charge < -0.3 is 9.88 Å². The number of fused-ring (bicyclic) bond motifs is 3. The lowest BCUT2D eigenvalue weighted by molar-refractivity contribution is 0.0955. The van der Waals surface area contributed by atoms with E-state index in [0.29, 0.717) is 18.5 Å². The number of hydrogen-bond acceptors (Lipinski definition) is 4. The first-order valence-corrected chi connectivity index (χ1v) is 11.3. The molecule has 1 amide bonds. The van der Waals surface area contributed by atoms with Gasteiger partial charge in [0.1, 0.15) is 11.6 Å². The van der Waals surface area contributed by atoms with E-state index in [-0.39, 0.29) is 5.91 Å². The molecule has 6 nitrogen and oxygen atoms in total. The van der Waals surface area contributed by atoms with Gasteiger partial charge in [0.15, 0.2) is 0 Å². The van der Waals surface area contributed by atoms with E-state index in [0.717, 1.165) is 64.0 Å². The lowest BCUT2D eigenvalue weighted by Gasteiger charge is -2.12. The van der Waals surface area contributed by atoms with Crippen molar-refractivity contribution < 1.29 is 4.79 Å². The van der Waals surface area contributed by atoms with E-state index in [2.05, 4.69) is 44.3 Å². The van der Waals surface area contributed by atoms with Crippen LogP contribution in [-0.4, -0.2) is 32.2 Å². The molecule has 1 aliphatic rings. The second kappa shape index (κ2) is 8.13. The maximum atomic E-state index is 13.3. The lowest BCUT2D eigenvalue weighted by atomic mass is 9.99. The molecule has 2 aromatic heterocycles. The van der Waals surface area contributed by atoms with Gasteiger partial charge in [0.25, 0.3) is 5.91 Å². The maximum absolute atomic E-state index is 13.3. The highest BCUT2D eigenvalue weighted by molar-refractivity contribution is 6.08. The minimum Gasteiger partial charge on any atom is -0.352 e. The summed E-state index contributed by atoms with van der Waals surface area (Å²) in [7, 11) is 0. The molecule has 0 unspecified atom stereocenters. The van der Waals surface area contributed by atoms with Crippen LogP contribution in [0, 0.1) is 0 Å². The van der Waals surface area contributed by atoms with Crippen molar-refractivity contribution in [2.24, 2.45) is 0 Å². The largest absolute Gasteiger partial charge is 0.352 e. The third kappa shape index (κ3) is 3.53. The lowest BCUT2D eigenvalue weighted by Crippen LogP contribution is -2.27. The average molecular weight is 434 g/mol. The van der Waals surface area contributed by atoms with Crippen LogP contribution in [0.4, 0.5) is 0 Å². The number of nitrogens with zero attached hydrogens (tertiary/aromatic N) is 4. The third-order valence-corrected chi connectivity index (χ3v) is 6.35. The molecule has 162 valence electrons. The smallest absolute Gasteiger partial charge is 0.252 e. The Morgan fingerprint density at radius 2 is 1.76 bits per heavy atom. The van der Waals surface area contributed by atoms with Crippen LogP contribution < -0.4 is 5.32 Å². The summed E-state index contributed by atoms with van der Waals surface area (Å²) in [5, 5.41) is 14.8. The number of para-hydroxylation sites is 1. The van der Waals surface area contributed by atoms with Gasteiger partial charge in [0.2, 0.25) is 0 Å². The van der Waals surface area contributed by atoms with Crippen LogP contribution in [0.3, 0.4) is 0 Å². The highest BCUT2D eigenvalue weighted by Gasteiger charge is 2.18. The Balaban J connectivity index is 1.33. The van der Waals surface area contributed by atoms with E-state index in [1.165, 1.54) is 0 Å². The van der Waals surface area contributed by atoms with Crippen LogP contribution in [-0.2, 0) is 19.4 Å². The van der Waals surface area contributed by atoms with Crippen LogP contribution in [0.15, 0.2) is 72.8 Å². The summed E-state index contributed by atoms with van der Waals surface area (Å²) in [4.78, 5) is 18.2. The summed E-state index contributed by atoms with van der Waals surface area (Å²) in [5.41, 5.74) is 3.26. The highest BCUT2D eigenvalue weighted by Crippen LogP contribution is 2.30. The number of amides is 1. The first-order valence-electron chi connectivity index (χ1n) is 11.3. The summed E-state index contributed by atoms with van der Waals surface area (Å²) in [6.45, 7) is 1.48. The molecule has 1 aliphatic heterocycles. The van der Waals surface area contributed by atoms with Crippen molar-refractivity contribution >= 4 is 27.6 Å². The second-order valence-electron chi connectivity index (χ2n) is 8.39. The minimum atomic E-state index is -0.101. The van der Waals surface area contributed by atoms with Gasteiger partial charge >= 0.3 is 0 Å². The molecular weight excluding hydrogens is 410 g/mol. The van der Waals surface area contributed by atoms with Crippen LogP contribution in [0.2, 0.25) is 0 Å². The van der Waals surface area contributed by atoms with E-state index in [4.69, 9.17) is 4.98 Å². The number of pyridine rings is 1. The van der Waals surface area contributed by atoms with Gasteiger partial charge in [0, 0.05) is 36.9 Å². The van der Waals surface area contributed by atoms with Crippen LogP contribution >= 0.6 is 0 Å². The molecule has 6 rings (SSSR count). The molecule has 0 saturated heterocycles. The van der Waals surface area contributed by atoms with E-state index < -0.39 is 0 Å². The molecule has 0 radical (unpaired) electrons. The summed E-state index contributed by atoms with van der Waals surface area (Å²) in [5.74, 6) is 1.89. The number of hydrogen-bond donors (Lipinski definition) is 1. The Hall–Kier alpha value is -4.06. The molecule has 0 saturated carbocycles. The molecule has 33 heavy (non-hydrogen) atoms. The van der Waals surface area contributed by atoms with Gasteiger partial charge in [-0.15, -0.1) is 10.2 Å². The summed E-state index contributed by atoms with van der Waals surface area (Å²) >= 11 is 0. The molecule has 6 heteroatoms. The molecule has 0 spiro atoms. The van der Waals surface area contributed by atoms with Gasteiger partial charge in [-0.3, -0.25) is 4.79 Å². The van der Waals surface area contributed by atoms with E-state index >= 15 is 0 Å². The molecule has 0 atom stereocenters.